The first kappa shape index (κ1) is 10.5. The summed E-state index contributed by atoms with van der Waals surface area (Å²) in [5.74, 6) is 0. The fourth-order valence-electron chi connectivity index (χ4n) is 1.20. The van der Waals surface area contributed by atoms with E-state index < -0.39 is 0 Å². The average Bonchev–Trinajstić information content (AvgIpc) is 2.15. The lowest BCUT2D eigenvalue weighted by atomic mass is 10.0. The average molecular weight is 199 g/mol. The summed E-state index contributed by atoms with van der Waals surface area (Å²) in [6.45, 7) is 2.16. The molecule has 0 aliphatic carbocycles. The number of hydrogen-bond acceptors (Lipinski definition) is 2. The van der Waals surface area contributed by atoms with Gasteiger partial charge in [-0.25, -0.2) is 4.98 Å². The summed E-state index contributed by atoms with van der Waals surface area (Å²) < 4.78 is 0. The van der Waals surface area contributed by atoms with Gasteiger partial charge in [0.2, 0.25) is 0 Å². The minimum Gasteiger partial charge on any atom is -0.324 e. The van der Waals surface area contributed by atoms with Gasteiger partial charge in [-0.1, -0.05) is 37.4 Å². The predicted octanol–water partition coefficient (Wildman–Crippen LogP) is 2.93. The van der Waals surface area contributed by atoms with Crippen molar-refractivity contribution in [2.45, 2.75) is 32.2 Å². The molecule has 0 aliphatic heterocycles. The molecule has 0 saturated carbocycles. The molecule has 0 aliphatic rings. The molecule has 0 amide bonds. The molecule has 13 heavy (non-hydrogen) atoms. The Hall–Kier alpha value is -0.600. The summed E-state index contributed by atoms with van der Waals surface area (Å²) in [5.41, 5.74) is 7.02. The Balaban J connectivity index is 2.55. The van der Waals surface area contributed by atoms with E-state index in [4.69, 9.17) is 17.3 Å². The fourth-order valence-corrected chi connectivity index (χ4v) is 1.31. The highest BCUT2D eigenvalue weighted by atomic mass is 35.5. The van der Waals surface area contributed by atoms with E-state index in [1.807, 2.05) is 6.07 Å². The van der Waals surface area contributed by atoms with Crippen LogP contribution in [-0.4, -0.2) is 4.98 Å². The van der Waals surface area contributed by atoms with Gasteiger partial charge >= 0.3 is 0 Å². The van der Waals surface area contributed by atoms with Gasteiger partial charge in [-0.2, -0.15) is 0 Å². The maximum atomic E-state index is 5.95. The third-order valence-corrected chi connectivity index (χ3v) is 2.27. The lowest BCUT2D eigenvalue weighted by molar-refractivity contribution is 0.602. The monoisotopic (exact) mass is 198 g/mol. The van der Waals surface area contributed by atoms with E-state index in [9.17, 15) is 0 Å². The van der Waals surface area contributed by atoms with Crippen LogP contribution in [0, 0.1) is 0 Å². The van der Waals surface area contributed by atoms with Crippen molar-refractivity contribution in [2.75, 3.05) is 0 Å². The largest absolute Gasteiger partial charge is 0.324 e. The van der Waals surface area contributed by atoms with Crippen LogP contribution in [0.5, 0.6) is 0 Å². The summed E-state index contributed by atoms with van der Waals surface area (Å²) in [6.07, 6.45) is 5.10. The lowest BCUT2D eigenvalue weighted by Gasteiger charge is -2.10. The maximum absolute atomic E-state index is 5.95. The second-order valence-electron chi connectivity index (χ2n) is 3.16. The Kier molecular flexibility index (Phi) is 4.19. The third-order valence-electron chi connectivity index (χ3n) is 2.05. The molecule has 2 nitrogen and oxygen atoms in total. The topological polar surface area (TPSA) is 38.9 Å². The number of pyridine rings is 1. The van der Waals surface area contributed by atoms with E-state index in [-0.39, 0.29) is 6.04 Å². The zero-order valence-corrected chi connectivity index (χ0v) is 8.59. The number of halogens is 1. The standard InChI is InChI=1S/C10H15ClN2/c1-2-3-4-9(12)8-5-6-10(11)13-7-8/h5-7,9H,2-4,12H2,1H3. The zero-order valence-electron chi connectivity index (χ0n) is 7.83. The third kappa shape index (κ3) is 3.33. The van der Waals surface area contributed by atoms with E-state index >= 15 is 0 Å². The smallest absolute Gasteiger partial charge is 0.129 e. The molecule has 0 radical (unpaired) electrons. The summed E-state index contributed by atoms with van der Waals surface area (Å²) in [4.78, 5) is 3.99. The molecule has 1 aromatic rings. The first-order valence-electron chi connectivity index (χ1n) is 4.61. The van der Waals surface area contributed by atoms with Crippen molar-refractivity contribution >= 4 is 11.6 Å². The Morgan fingerprint density at radius 2 is 2.31 bits per heavy atom. The Morgan fingerprint density at radius 3 is 2.85 bits per heavy atom. The highest BCUT2D eigenvalue weighted by Gasteiger charge is 2.04. The van der Waals surface area contributed by atoms with Gasteiger partial charge in [-0.3, -0.25) is 0 Å². The Labute approximate surface area is 84.1 Å². The van der Waals surface area contributed by atoms with Crippen molar-refractivity contribution in [3.8, 4) is 0 Å². The first-order chi connectivity index (χ1) is 6.24. The molecule has 0 bridgehead atoms. The Morgan fingerprint density at radius 1 is 1.54 bits per heavy atom. The number of nitrogens with two attached hydrogens (primary N) is 1. The number of aromatic nitrogens is 1. The predicted molar refractivity (Wildman–Crippen MR) is 55.7 cm³/mol. The van der Waals surface area contributed by atoms with E-state index in [0.29, 0.717) is 5.15 Å². The SMILES string of the molecule is CCCCC(N)c1ccc(Cl)nc1. The second-order valence-corrected chi connectivity index (χ2v) is 3.55. The zero-order chi connectivity index (χ0) is 9.68. The maximum Gasteiger partial charge on any atom is 0.129 e. The van der Waals surface area contributed by atoms with Gasteiger partial charge < -0.3 is 5.73 Å². The van der Waals surface area contributed by atoms with Crippen molar-refractivity contribution in [3.63, 3.8) is 0 Å². The van der Waals surface area contributed by atoms with Gasteiger partial charge in [-0.15, -0.1) is 0 Å². The molecule has 1 heterocycles. The molecule has 0 spiro atoms. The van der Waals surface area contributed by atoms with Crippen LogP contribution < -0.4 is 5.73 Å². The number of rotatable bonds is 4. The minimum absolute atomic E-state index is 0.102. The quantitative estimate of drug-likeness (QED) is 0.756. The van der Waals surface area contributed by atoms with Crippen molar-refractivity contribution in [3.05, 3.63) is 29.0 Å². The summed E-state index contributed by atoms with van der Waals surface area (Å²) >= 11 is 5.67. The molecular formula is C10H15ClN2. The van der Waals surface area contributed by atoms with Crippen LogP contribution in [0.25, 0.3) is 0 Å². The summed E-state index contributed by atoms with van der Waals surface area (Å²) in [7, 11) is 0. The fraction of sp³-hybridized carbons (Fsp3) is 0.500. The lowest BCUT2D eigenvalue weighted by Crippen LogP contribution is -2.10. The van der Waals surface area contributed by atoms with E-state index in [1.165, 1.54) is 6.42 Å². The van der Waals surface area contributed by atoms with Gasteiger partial charge in [-0.05, 0) is 18.1 Å². The normalized spacial score (nSPS) is 12.8. The van der Waals surface area contributed by atoms with Gasteiger partial charge in [0.05, 0.1) is 0 Å². The summed E-state index contributed by atoms with van der Waals surface area (Å²) in [5, 5.41) is 0.520. The van der Waals surface area contributed by atoms with E-state index in [2.05, 4.69) is 11.9 Å². The van der Waals surface area contributed by atoms with E-state index in [1.54, 1.807) is 12.3 Å². The van der Waals surface area contributed by atoms with E-state index in [0.717, 1.165) is 18.4 Å². The van der Waals surface area contributed by atoms with Crippen molar-refractivity contribution in [1.82, 2.24) is 4.98 Å². The summed E-state index contributed by atoms with van der Waals surface area (Å²) in [6, 6.07) is 3.82. The van der Waals surface area contributed by atoms with Crippen LogP contribution in [0.15, 0.2) is 18.3 Å². The molecule has 1 atom stereocenters. The molecule has 0 saturated heterocycles. The first-order valence-corrected chi connectivity index (χ1v) is 4.99. The molecule has 0 fully saturated rings. The van der Waals surface area contributed by atoms with Gasteiger partial charge in [0, 0.05) is 12.2 Å². The Bertz CT molecular complexity index is 246. The van der Waals surface area contributed by atoms with Crippen LogP contribution in [-0.2, 0) is 0 Å². The highest BCUT2D eigenvalue weighted by molar-refractivity contribution is 6.29. The van der Waals surface area contributed by atoms with Gasteiger partial charge in [0.15, 0.2) is 0 Å². The molecule has 1 rings (SSSR count). The molecule has 0 aromatic carbocycles. The number of hydrogen-bond donors (Lipinski definition) is 1. The molecule has 1 unspecified atom stereocenters. The van der Waals surface area contributed by atoms with Gasteiger partial charge in [0.25, 0.3) is 0 Å². The molecule has 2 N–H and O–H groups in total. The minimum atomic E-state index is 0.102. The van der Waals surface area contributed by atoms with Crippen LogP contribution in [0.1, 0.15) is 37.8 Å². The van der Waals surface area contributed by atoms with Gasteiger partial charge in [0.1, 0.15) is 5.15 Å². The van der Waals surface area contributed by atoms with Crippen LogP contribution in [0.2, 0.25) is 5.15 Å². The van der Waals surface area contributed by atoms with Crippen LogP contribution in [0.4, 0.5) is 0 Å². The van der Waals surface area contributed by atoms with Crippen molar-refractivity contribution < 1.29 is 0 Å². The highest BCUT2D eigenvalue weighted by Crippen LogP contribution is 2.16. The molecule has 72 valence electrons. The number of unbranched alkanes of at least 4 members (excludes halogenated alkanes) is 1. The molecule has 3 heteroatoms. The van der Waals surface area contributed by atoms with Crippen molar-refractivity contribution in [1.29, 1.82) is 0 Å². The second kappa shape index (κ2) is 5.20. The molecular weight excluding hydrogens is 184 g/mol. The molecule has 1 aromatic heterocycles. The van der Waals surface area contributed by atoms with Crippen molar-refractivity contribution in [2.24, 2.45) is 5.73 Å². The number of nitrogens with zero attached hydrogens (tertiary/aromatic N) is 1. The van der Waals surface area contributed by atoms with Crippen LogP contribution >= 0.6 is 11.6 Å². The van der Waals surface area contributed by atoms with Crippen LogP contribution in [0.3, 0.4) is 0 Å².